The Balaban J connectivity index is 2.43. The van der Waals surface area contributed by atoms with E-state index in [1.165, 1.54) is 19.3 Å². The Hall–Kier alpha value is 0.137. The van der Waals surface area contributed by atoms with Crippen molar-refractivity contribution in [2.45, 2.75) is 38.3 Å². The lowest BCUT2D eigenvalue weighted by molar-refractivity contribution is 0.187. The Bertz CT molecular complexity index is 125. The molecule has 11 heavy (non-hydrogen) atoms. The zero-order valence-electron chi connectivity index (χ0n) is 7.72. The van der Waals surface area contributed by atoms with Crippen molar-refractivity contribution in [1.82, 2.24) is 0 Å². The molecule has 2 nitrogen and oxygen atoms in total. The maximum atomic E-state index is 5.70. The topological polar surface area (TPSA) is 18.5 Å². The molecule has 0 aromatic carbocycles. The van der Waals surface area contributed by atoms with Crippen molar-refractivity contribution in [3.8, 4) is 0 Å². The first kappa shape index (κ1) is 9.23. The molecule has 0 saturated heterocycles. The van der Waals surface area contributed by atoms with Crippen LogP contribution in [0.25, 0.3) is 0 Å². The highest BCUT2D eigenvalue weighted by atomic mass is 28.4. The Morgan fingerprint density at radius 3 is 2.36 bits per heavy atom. The summed E-state index contributed by atoms with van der Waals surface area (Å²) in [6.07, 6.45) is 4.00. The summed E-state index contributed by atoms with van der Waals surface area (Å²) in [5.41, 5.74) is 0.757. The molecule has 1 rings (SSSR count). The highest BCUT2D eigenvalue weighted by Gasteiger charge is 2.43. The van der Waals surface area contributed by atoms with Crippen LogP contribution in [-0.4, -0.2) is 22.3 Å². The molecule has 0 aliphatic heterocycles. The van der Waals surface area contributed by atoms with Crippen LogP contribution in [-0.2, 0) is 8.85 Å². The highest BCUT2D eigenvalue weighted by molar-refractivity contribution is 6.67. The number of hydrogen-bond acceptors (Lipinski definition) is 2. The zero-order chi connectivity index (χ0) is 8.32. The maximum absolute atomic E-state index is 5.70. The van der Waals surface area contributed by atoms with Gasteiger partial charge in [0, 0.05) is 19.3 Å². The Kier molecular flexibility index (Phi) is 3.10. The lowest BCUT2D eigenvalue weighted by atomic mass is 10.00. The summed E-state index contributed by atoms with van der Waals surface area (Å²) in [5.74, 6) is 0. The van der Waals surface area contributed by atoms with Crippen molar-refractivity contribution in [2.24, 2.45) is 0 Å². The van der Waals surface area contributed by atoms with Crippen LogP contribution in [0.2, 0.25) is 12.1 Å². The molecule has 66 valence electrons. The van der Waals surface area contributed by atoms with E-state index in [1.54, 1.807) is 7.11 Å². The zero-order valence-corrected chi connectivity index (χ0v) is 8.72. The molecule has 1 atom stereocenters. The first-order chi connectivity index (χ1) is 5.23. The predicted molar refractivity (Wildman–Crippen MR) is 47.9 cm³/mol. The Labute approximate surface area is 70.1 Å². The van der Waals surface area contributed by atoms with Gasteiger partial charge >= 0.3 is 8.56 Å². The first-order valence-corrected chi connectivity index (χ1v) is 6.81. The second-order valence-corrected chi connectivity index (χ2v) is 6.83. The molecule has 1 aliphatic rings. The van der Waals surface area contributed by atoms with Gasteiger partial charge < -0.3 is 8.85 Å². The van der Waals surface area contributed by atoms with Crippen LogP contribution in [0.5, 0.6) is 0 Å². The van der Waals surface area contributed by atoms with Crippen molar-refractivity contribution < 1.29 is 8.85 Å². The van der Waals surface area contributed by atoms with Gasteiger partial charge in [-0.3, -0.25) is 0 Å². The lowest BCUT2D eigenvalue weighted by Crippen LogP contribution is -2.45. The molecule has 1 fully saturated rings. The van der Waals surface area contributed by atoms with E-state index in [-0.39, 0.29) is 0 Å². The minimum absolute atomic E-state index is 0.757. The van der Waals surface area contributed by atoms with Gasteiger partial charge in [0.2, 0.25) is 0 Å². The monoisotopic (exact) mass is 174 g/mol. The average Bonchev–Trinajstić information content (AvgIpc) is 1.84. The SMILES string of the molecule is CCO[Si](C)(OC)C1CCC1. The molecule has 0 bridgehead atoms. The van der Waals surface area contributed by atoms with Gasteiger partial charge in [-0.2, -0.15) is 0 Å². The summed E-state index contributed by atoms with van der Waals surface area (Å²) in [4.78, 5) is 0. The molecule has 1 aliphatic carbocycles. The maximum Gasteiger partial charge on any atom is 0.337 e. The average molecular weight is 174 g/mol. The van der Waals surface area contributed by atoms with Crippen LogP contribution >= 0.6 is 0 Å². The van der Waals surface area contributed by atoms with Crippen molar-refractivity contribution >= 4 is 8.56 Å². The largest absolute Gasteiger partial charge is 0.398 e. The fourth-order valence-corrected chi connectivity index (χ4v) is 4.28. The highest BCUT2D eigenvalue weighted by Crippen LogP contribution is 2.41. The molecular formula is C8H18O2Si. The summed E-state index contributed by atoms with van der Waals surface area (Å²) in [6, 6.07) is 0. The molecule has 1 saturated carbocycles. The van der Waals surface area contributed by atoms with E-state index in [4.69, 9.17) is 8.85 Å². The third kappa shape index (κ3) is 1.83. The Morgan fingerprint density at radius 1 is 1.45 bits per heavy atom. The van der Waals surface area contributed by atoms with Crippen molar-refractivity contribution in [2.75, 3.05) is 13.7 Å². The van der Waals surface area contributed by atoms with Gasteiger partial charge in [-0.1, -0.05) is 6.42 Å². The quantitative estimate of drug-likeness (QED) is 0.609. The number of hydrogen-bond donors (Lipinski definition) is 0. The van der Waals surface area contributed by atoms with Crippen LogP contribution in [0.15, 0.2) is 0 Å². The summed E-state index contributed by atoms with van der Waals surface area (Å²) >= 11 is 0. The van der Waals surface area contributed by atoms with E-state index in [9.17, 15) is 0 Å². The third-order valence-corrected chi connectivity index (χ3v) is 6.42. The fraction of sp³-hybridized carbons (Fsp3) is 1.00. The van der Waals surface area contributed by atoms with Gasteiger partial charge in [0.25, 0.3) is 0 Å². The number of rotatable bonds is 4. The Morgan fingerprint density at radius 2 is 2.09 bits per heavy atom. The molecule has 3 heteroatoms. The van der Waals surface area contributed by atoms with Crippen LogP contribution in [0, 0.1) is 0 Å². The van der Waals surface area contributed by atoms with Crippen LogP contribution in [0.3, 0.4) is 0 Å². The van der Waals surface area contributed by atoms with Gasteiger partial charge in [-0.25, -0.2) is 0 Å². The molecule has 0 heterocycles. The van der Waals surface area contributed by atoms with Gasteiger partial charge in [-0.05, 0) is 26.3 Å². The second-order valence-electron chi connectivity index (χ2n) is 3.28. The minimum Gasteiger partial charge on any atom is -0.398 e. The van der Waals surface area contributed by atoms with Crippen molar-refractivity contribution in [1.29, 1.82) is 0 Å². The van der Waals surface area contributed by atoms with E-state index in [0.717, 1.165) is 12.1 Å². The van der Waals surface area contributed by atoms with Crippen LogP contribution < -0.4 is 0 Å². The molecule has 0 aromatic rings. The predicted octanol–water partition coefficient (Wildman–Crippen LogP) is 2.30. The van der Waals surface area contributed by atoms with Gasteiger partial charge in [0.15, 0.2) is 0 Å². The molecule has 0 aromatic heterocycles. The van der Waals surface area contributed by atoms with Crippen molar-refractivity contribution in [3.05, 3.63) is 0 Å². The standard InChI is InChI=1S/C8H18O2Si/c1-4-10-11(3,9-2)8-6-5-7-8/h8H,4-7H2,1-3H3. The first-order valence-electron chi connectivity index (χ1n) is 4.42. The molecule has 0 spiro atoms. The second kappa shape index (κ2) is 3.69. The normalized spacial score (nSPS) is 24.3. The van der Waals surface area contributed by atoms with Crippen LogP contribution in [0.1, 0.15) is 26.2 Å². The third-order valence-electron chi connectivity index (χ3n) is 2.68. The summed E-state index contributed by atoms with van der Waals surface area (Å²) in [6.45, 7) is 5.02. The minimum atomic E-state index is -1.74. The molecule has 0 amide bonds. The molecule has 0 N–H and O–H groups in total. The summed E-state index contributed by atoms with van der Waals surface area (Å²) in [7, 11) is 0.0519. The van der Waals surface area contributed by atoms with E-state index >= 15 is 0 Å². The molecule has 1 unspecified atom stereocenters. The fourth-order valence-electron chi connectivity index (χ4n) is 1.56. The molecular weight excluding hydrogens is 156 g/mol. The molecule has 0 radical (unpaired) electrons. The van der Waals surface area contributed by atoms with Crippen LogP contribution in [0.4, 0.5) is 0 Å². The van der Waals surface area contributed by atoms with Gasteiger partial charge in [0.05, 0.1) is 0 Å². The van der Waals surface area contributed by atoms with E-state index in [0.29, 0.717) is 0 Å². The van der Waals surface area contributed by atoms with Crippen molar-refractivity contribution in [3.63, 3.8) is 0 Å². The lowest BCUT2D eigenvalue weighted by Gasteiger charge is -2.38. The summed E-state index contributed by atoms with van der Waals surface area (Å²) < 4.78 is 11.2. The van der Waals surface area contributed by atoms with E-state index in [2.05, 4.69) is 6.55 Å². The summed E-state index contributed by atoms with van der Waals surface area (Å²) in [5, 5.41) is 0. The van der Waals surface area contributed by atoms with Gasteiger partial charge in [-0.15, -0.1) is 0 Å². The van der Waals surface area contributed by atoms with E-state index in [1.807, 2.05) is 6.92 Å². The van der Waals surface area contributed by atoms with Gasteiger partial charge in [0.1, 0.15) is 0 Å². The van der Waals surface area contributed by atoms with E-state index < -0.39 is 8.56 Å². The smallest absolute Gasteiger partial charge is 0.337 e.